The molecular formula is C14H24Cl2N4O2. The number of nitrogens with zero attached hydrogens (tertiary/aromatic N) is 2. The molecule has 1 unspecified atom stereocenters. The third-order valence-electron chi connectivity index (χ3n) is 4.66. The largest absolute Gasteiger partial charge is 0.396 e. The van der Waals surface area contributed by atoms with E-state index in [0.29, 0.717) is 12.3 Å². The molecule has 0 spiro atoms. The first-order valence-corrected chi connectivity index (χ1v) is 7.35. The zero-order valence-corrected chi connectivity index (χ0v) is 14.0. The molecule has 1 amide bonds. The summed E-state index contributed by atoms with van der Waals surface area (Å²) in [5.41, 5.74) is 6.96. The molecular weight excluding hydrogens is 327 g/mol. The standard InChI is InChI=1S/C14H22N4O2.2ClH/c15-13(5-10-6-16-8-17-10)14(20)18-11-1-2-12(18)4-9(3-11)7-19;;/h6,8-9,11-13,19H,1-5,7,15H2,(H,16,17);2*1H/t9?,11-,12+,13-;;/m0../s1. The molecule has 2 fully saturated rings. The summed E-state index contributed by atoms with van der Waals surface area (Å²) >= 11 is 0. The Hall–Kier alpha value is -0.820. The second kappa shape index (κ2) is 8.15. The summed E-state index contributed by atoms with van der Waals surface area (Å²) in [6.07, 6.45) is 7.72. The van der Waals surface area contributed by atoms with Crippen LogP contribution in [0.4, 0.5) is 0 Å². The topological polar surface area (TPSA) is 95.2 Å². The summed E-state index contributed by atoms with van der Waals surface area (Å²) in [4.78, 5) is 21.5. The van der Waals surface area contributed by atoms with E-state index < -0.39 is 6.04 Å². The van der Waals surface area contributed by atoms with E-state index in [1.165, 1.54) is 0 Å². The minimum absolute atomic E-state index is 0. The van der Waals surface area contributed by atoms with Gasteiger partial charge in [-0.1, -0.05) is 0 Å². The van der Waals surface area contributed by atoms with Crippen LogP contribution >= 0.6 is 24.8 Å². The van der Waals surface area contributed by atoms with Crippen molar-refractivity contribution in [3.05, 3.63) is 18.2 Å². The highest BCUT2D eigenvalue weighted by atomic mass is 35.5. The van der Waals surface area contributed by atoms with Gasteiger partial charge in [0.2, 0.25) is 5.91 Å². The Morgan fingerprint density at radius 1 is 1.41 bits per heavy atom. The molecule has 3 rings (SSSR count). The summed E-state index contributed by atoms with van der Waals surface area (Å²) in [5, 5.41) is 9.32. The Morgan fingerprint density at radius 3 is 2.55 bits per heavy atom. The van der Waals surface area contributed by atoms with E-state index >= 15 is 0 Å². The van der Waals surface area contributed by atoms with Gasteiger partial charge in [0.05, 0.1) is 12.4 Å². The smallest absolute Gasteiger partial charge is 0.240 e. The van der Waals surface area contributed by atoms with Crippen LogP contribution in [0, 0.1) is 5.92 Å². The predicted molar refractivity (Wildman–Crippen MR) is 88.2 cm³/mol. The van der Waals surface area contributed by atoms with Crippen molar-refractivity contribution in [2.24, 2.45) is 11.7 Å². The molecule has 1 aromatic heterocycles. The number of halogens is 2. The first kappa shape index (κ1) is 19.2. The molecule has 1 aromatic rings. The first-order valence-electron chi connectivity index (χ1n) is 7.35. The number of nitrogens with one attached hydrogen (secondary N) is 1. The second-order valence-electron chi connectivity index (χ2n) is 6.04. The number of hydrogen-bond donors (Lipinski definition) is 3. The average Bonchev–Trinajstić information content (AvgIpc) is 3.04. The van der Waals surface area contributed by atoms with Crippen LogP contribution in [-0.2, 0) is 11.2 Å². The number of fused-ring (bicyclic) bond motifs is 2. The lowest BCUT2D eigenvalue weighted by Gasteiger charge is -2.39. The molecule has 8 heteroatoms. The number of aliphatic hydroxyl groups is 1. The minimum Gasteiger partial charge on any atom is -0.396 e. The predicted octanol–water partition coefficient (Wildman–Crippen LogP) is 0.885. The van der Waals surface area contributed by atoms with Gasteiger partial charge in [-0.05, 0) is 31.6 Å². The van der Waals surface area contributed by atoms with Crippen LogP contribution in [0.5, 0.6) is 0 Å². The van der Waals surface area contributed by atoms with Gasteiger partial charge in [-0.25, -0.2) is 4.98 Å². The van der Waals surface area contributed by atoms with E-state index in [-0.39, 0.29) is 49.4 Å². The number of piperidine rings is 1. The van der Waals surface area contributed by atoms with Crippen LogP contribution in [-0.4, -0.2) is 50.6 Å². The van der Waals surface area contributed by atoms with Gasteiger partial charge in [0, 0.05) is 37.0 Å². The van der Waals surface area contributed by atoms with Crippen molar-refractivity contribution in [3.8, 4) is 0 Å². The van der Waals surface area contributed by atoms with Gasteiger partial charge in [0.1, 0.15) is 0 Å². The highest BCUT2D eigenvalue weighted by Crippen LogP contribution is 2.38. The quantitative estimate of drug-likeness (QED) is 0.751. The second-order valence-corrected chi connectivity index (χ2v) is 6.04. The van der Waals surface area contributed by atoms with Crippen LogP contribution in [0.1, 0.15) is 31.4 Å². The Labute approximate surface area is 142 Å². The van der Waals surface area contributed by atoms with Crippen molar-refractivity contribution in [2.75, 3.05) is 6.61 Å². The summed E-state index contributed by atoms with van der Waals surface area (Å²) in [7, 11) is 0. The molecule has 2 bridgehead atoms. The molecule has 2 aliphatic heterocycles. The van der Waals surface area contributed by atoms with Gasteiger partial charge in [0.25, 0.3) is 0 Å². The van der Waals surface area contributed by atoms with Crippen LogP contribution in [0.2, 0.25) is 0 Å². The Balaban J connectivity index is 0.00000121. The van der Waals surface area contributed by atoms with E-state index in [1.54, 1.807) is 12.5 Å². The number of carbonyl (C=O) groups excluding carboxylic acids is 1. The van der Waals surface area contributed by atoms with Gasteiger partial charge < -0.3 is 20.7 Å². The Kier molecular flexibility index (Phi) is 7.12. The maximum Gasteiger partial charge on any atom is 0.240 e. The number of imidazole rings is 1. The summed E-state index contributed by atoms with van der Waals surface area (Å²) in [6, 6.07) is 0.0293. The number of rotatable bonds is 4. The lowest BCUT2D eigenvalue weighted by Crippen LogP contribution is -2.53. The number of carbonyl (C=O) groups is 1. The van der Waals surface area contributed by atoms with Gasteiger partial charge in [0.15, 0.2) is 0 Å². The number of aromatic nitrogens is 2. The van der Waals surface area contributed by atoms with E-state index in [4.69, 9.17) is 5.73 Å². The van der Waals surface area contributed by atoms with Gasteiger partial charge in [-0.3, -0.25) is 4.79 Å². The van der Waals surface area contributed by atoms with Crippen molar-refractivity contribution in [2.45, 2.75) is 50.2 Å². The van der Waals surface area contributed by atoms with E-state index in [2.05, 4.69) is 9.97 Å². The van der Waals surface area contributed by atoms with E-state index in [9.17, 15) is 9.90 Å². The fourth-order valence-corrected chi connectivity index (χ4v) is 3.71. The van der Waals surface area contributed by atoms with Crippen molar-refractivity contribution in [1.29, 1.82) is 0 Å². The monoisotopic (exact) mass is 350 g/mol. The summed E-state index contributed by atoms with van der Waals surface area (Å²) in [5.74, 6) is 0.392. The summed E-state index contributed by atoms with van der Waals surface area (Å²) in [6.45, 7) is 0.231. The minimum atomic E-state index is -0.510. The molecule has 0 saturated carbocycles. The maximum atomic E-state index is 12.6. The molecule has 0 radical (unpaired) electrons. The molecule has 4 N–H and O–H groups in total. The molecule has 0 aromatic carbocycles. The van der Waals surface area contributed by atoms with Crippen molar-refractivity contribution < 1.29 is 9.90 Å². The van der Waals surface area contributed by atoms with Gasteiger partial charge >= 0.3 is 0 Å². The number of aliphatic hydroxyl groups excluding tert-OH is 1. The Bertz CT molecular complexity index is 457. The molecule has 2 aliphatic rings. The van der Waals surface area contributed by atoms with Gasteiger partial charge in [-0.15, -0.1) is 24.8 Å². The maximum absolute atomic E-state index is 12.6. The normalized spacial score (nSPS) is 27.7. The third-order valence-corrected chi connectivity index (χ3v) is 4.66. The highest BCUT2D eigenvalue weighted by Gasteiger charge is 2.43. The van der Waals surface area contributed by atoms with Crippen LogP contribution in [0.3, 0.4) is 0 Å². The molecule has 6 nitrogen and oxygen atoms in total. The van der Waals surface area contributed by atoms with Gasteiger partial charge in [-0.2, -0.15) is 0 Å². The number of nitrogens with two attached hydrogens (primary N) is 1. The van der Waals surface area contributed by atoms with Crippen LogP contribution in [0.25, 0.3) is 0 Å². The molecule has 22 heavy (non-hydrogen) atoms. The fraction of sp³-hybridized carbons (Fsp3) is 0.714. The van der Waals surface area contributed by atoms with E-state index in [0.717, 1.165) is 31.4 Å². The number of H-pyrrole nitrogens is 1. The molecule has 126 valence electrons. The third kappa shape index (κ3) is 3.74. The zero-order chi connectivity index (χ0) is 14.1. The number of amides is 1. The molecule has 0 aliphatic carbocycles. The fourth-order valence-electron chi connectivity index (χ4n) is 3.71. The molecule has 3 heterocycles. The van der Waals surface area contributed by atoms with Crippen molar-refractivity contribution in [1.82, 2.24) is 14.9 Å². The Morgan fingerprint density at radius 2 is 2.05 bits per heavy atom. The zero-order valence-electron chi connectivity index (χ0n) is 12.4. The molecule has 2 saturated heterocycles. The summed E-state index contributed by atoms with van der Waals surface area (Å²) < 4.78 is 0. The van der Waals surface area contributed by atoms with Crippen molar-refractivity contribution >= 4 is 30.7 Å². The first-order chi connectivity index (χ1) is 9.69. The van der Waals surface area contributed by atoms with Crippen molar-refractivity contribution in [3.63, 3.8) is 0 Å². The highest BCUT2D eigenvalue weighted by molar-refractivity contribution is 5.85. The van der Waals surface area contributed by atoms with Crippen LogP contribution in [0.15, 0.2) is 12.5 Å². The number of aromatic amines is 1. The van der Waals surface area contributed by atoms with Crippen LogP contribution < -0.4 is 5.73 Å². The number of hydrogen-bond acceptors (Lipinski definition) is 4. The average molecular weight is 351 g/mol. The molecule has 4 atom stereocenters. The lowest BCUT2D eigenvalue weighted by molar-refractivity contribution is -0.138. The lowest BCUT2D eigenvalue weighted by atomic mass is 9.90. The van der Waals surface area contributed by atoms with E-state index in [1.807, 2.05) is 4.90 Å². The SMILES string of the molecule is Cl.Cl.N[C@@H](Cc1cnc[nH]1)C(=O)N1[C@@H]2CC[C@H]1CC(CO)C2.